The average molecular weight is 247 g/mol. The Morgan fingerprint density at radius 3 is 2.67 bits per heavy atom. The normalized spacial score (nSPS) is 21.4. The lowest BCUT2D eigenvalue weighted by atomic mass is 9.75. The molecular weight excluding hydrogens is 222 g/mol. The van der Waals surface area contributed by atoms with Gasteiger partial charge in [-0.2, -0.15) is 5.10 Å². The van der Waals surface area contributed by atoms with E-state index in [0.717, 1.165) is 6.54 Å². The monoisotopic (exact) mass is 247 g/mol. The van der Waals surface area contributed by atoms with E-state index in [1.165, 1.54) is 62.8 Å². The molecule has 2 aliphatic rings. The second-order valence-corrected chi connectivity index (χ2v) is 6.04. The summed E-state index contributed by atoms with van der Waals surface area (Å²) in [7, 11) is 2.11. The van der Waals surface area contributed by atoms with Gasteiger partial charge in [-0.3, -0.25) is 4.68 Å². The van der Waals surface area contributed by atoms with Crippen LogP contribution in [0.1, 0.15) is 62.4 Å². The van der Waals surface area contributed by atoms with Crippen LogP contribution in [0.4, 0.5) is 0 Å². The maximum Gasteiger partial charge on any atom is 0.0659 e. The average Bonchev–Trinajstić information content (AvgIpc) is 2.65. The highest BCUT2D eigenvalue weighted by Crippen LogP contribution is 2.35. The molecule has 3 rings (SSSR count). The molecule has 0 saturated heterocycles. The quantitative estimate of drug-likeness (QED) is 0.886. The first-order valence-corrected chi connectivity index (χ1v) is 7.53. The van der Waals surface area contributed by atoms with Gasteiger partial charge >= 0.3 is 0 Å². The van der Waals surface area contributed by atoms with Crippen LogP contribution in [0.15, 0.2) is 0 Å². The Hall–Kier alpha value is -0.830. The number of hydrogen-bond donors (Lipinski definition) is 1. The number of aromatic nitrogens is 2. The lowest BCUT2D eigenvalue weighted by molar-refractivity contribution is 0.174. The fraction of sp³-hybridized carbons (Fsp3) is 0.800. The highest BCUT2D eigenvalue weighted by atomic mass is 15.3. The molecule has 2 aliphatic carbocycles. The highest BCUT2D eigenvalue weighted by Gasteiger charge is 2.34. The third-order valence-corrected chi connectivity index (χ3v) is 5.07. The second kappa shape index (κ2) is 4.69. The van der Waals surface area contributed by atoms with Gasteiger partial charge in [-0.25, -0.2) is 0 Å². The van der Waals surface area contributed by atoms with Gasteiger partial charge in [0, 0.05) is 19.1 Å². The van der Waals surface area contributed by atoms with E-state index in [4.69, 9.17) is 5.10 Å². The van der Waals surface area contributed by atoms with Crippen LogP contribution in [0.2, 0.25) is 0 Å². The molecule has 0 unspecified atom stereocenters. The summed E-state index contributed by atoms with van der Waals surface area (Å²) in [6.07, 6.45) is 10.4. The Bertz CT molecular complexity index is 424. The van der Waals surface area contributed by atoms with Crippen LogP contribution in [0.25, 0.3) is 0 Å². The number of nitrogens with one attached hydrogen (secondary N) is 1. The van der Waals surface area contributed by atoms with Crippen LogP contribution in [0.3, 0.4) is 0 Å². The number of fused-ring (bicyclic) bond motifs is 1. The molecule has 1 N–H and O–H groups in total. The van der Waals surface area contributed by atoms with Crippen molar-refractivity contribution in [3.05, 3.63) is 17.0 Å². The SMILES string of the molecule is CCC1(NCc2c3c(nn2C)CCCC3)CCC1. The minimum absolute atomic E-state index is 0.436. The Morgan fingerprint density at radius 1 is 1.22 bits per heavy atom. The maximum atomic E-state index is 4.70. The fourth-order valence-electron chi connectivity index (χ4n) is 3.50. The van der Waals surface area contributed by atoms with Crippen LogP contribution in [0.5, 0.6) is 0 Å². The molecule has 1 fully saturated rings. The maximum absolute atomic E-state index is 4.70. The number of aryl methyl sites for hydroxylation is 2. The number of hydrogen-bond acceptors (Lipinski definition) is 2. The lowest BCUT2D eigenvalue weighted by Gasteiger charge is -2.42. The molecule has 1 aromatic rings. The minimum atomic E-state index is 0.436. The second-order valence-electron chi connectivity index (χ2n) is 6.04. The van der Waals surface area contributed by atoms with E-state index in [1.807, 2.05) is 0 Å². The molecule has 0 spiro atoms. The Balaban J connectivity index is 1.74. The van der Waals surface area contributed by atoms with Crippen molar-refractivity contribution in [2.45, 2.75) is 70.4 Å². The predicted molar refractivity (Wildman–Crippen MR) is 73.6 cm³/mol. The molecule has 1 heterocycles. The van der Waals surface area contributed by atoms with E-state index >= 15 is 0 Å². The molecule has 100 valence electrons. The molecule has 0 bridgehead atoms. The molecule has 0 amide bonds. The number of rotatable bonds is 4. The first-order chi connectivity index (χ1) is 8.74. The van der Waals surface area contributed by atoms with Gasteiger partial charge < -0.3 is 5.32 Å². The third kappa shape index (κ3) is 1.99. The lowest BCUT2D eigenvalue weighted by Crippen LogP contribution is -2.50. The van der Waals surface area contributed by atoms with Gasteiger partial charge in [-0.1, -0.05) is 6.92 Å². The van der Waals surface area contributed by atoms with Crippen molar-refractivity contribution in [3.8, 4) is 0 Å². The van der Waals surface area contributed by atoms with Gasteiger partial charge in [0.15, 0.2) is 0 Å². The largest absolute Gasteiger partial charge is 0.306 e. The fourth-order valence-corrected chi connectivity index (χ4v) is 3.50. The standard InChI is InChI=1S/C15H25N3/c1-3-15(9-6-10-15)16-11-14-12-7-4-5-8-13(12)17-18(14)2/h16H,3-11H2,1-2H3. The molecule has 0 atom stereocenters. The molecule has 0 aliphatic heterocycles. The van der Waals surface area contributed by atoms with E-state index in [1.54, 1.807) is 5.56 Å². The summed E-state index contributed by atoms with van der Waals surface area (Å²) in [5, 5.41) is 8.51. The molecule has 1 saturated carbocycles. The molecule has 18 heavy (non-hydrogen) atoms. The first kappa shape index (κ1) is 12.2. The van der Waals surface area contributed by atoms with E-state index in [-0.39, 0.29) is 0 Å². The predicted octanol–water partition coefficient (Wildman–Crippen LogP) is 2.72. The van der Waals surface area contributed by atoms with Crippen LogP contribution in [0, 0.1) is 0 Å². The van der Waals surface area contributed by atoms with Crippen molar-refractivity contribution in [3.63, 3.8) is 0 Å². The van der Waals surface area contributed by atoms with E-state index in [9.17, 15) is 0 Å². The van der Waals surface area contributed by atoms with Crippen LogP contribution < -0.4 is 5.32 Å². The van der Waals surface area contributed by atoms with Gasteiger partial charge in [0.1, 0.15) is 0 Å². The van der Waals surface area contributed by atoms with Gasteiger partial charge in [0.25, 0.3) is 0 Å². The van der Waals surface area contributed by atoms with Crippen LogP contribution in [-0.4, -0.2) is 15.3 Å². The van der Waals surface area contributed by atoms with Crippen molar-refractivity contribution < 1.29 is 0 Å². The van der Waals surface area contributed by atoms with Crippen molar-refractivity contribution in [2.24, 2.45) is 7.05 Å². The zero-order chi connectivity index (χ0) is 12.6. The summed E-state index contributed by atoms with van der Waals surface area (Å²) < 4.78 is 2.12. The van der Waals surface area contributed by atoms with Gasteiger partial charge in [-0.15, -0.1) is 0 Å². The van der Waals surface area contributed by atoms with E-state index in [0.29, 0.717) is 5.54 Å². The van der Waals surface area contributed by atoms with Crippen LogP contribution in [-0.2, 0) is 26.4 Å². The summed E-state index contributed by atoms with van der Waals surface area (Å²) >= 11 is 0. The van der Waals surface area contributed by atoms with Crippen molar-refractivity contribution in [2.75, 3.05) is 0 Å². The molecular formula is C15H25N3. The molecule has 0 radical (unpaired) electrons. The zero-order valence-corrected chi connectivity index (χ0v) is 11.8. The summed E-state index contributed by atoms with van der Waals surface area (Å²) in [6.45, 7) is 3.32. The van der Waals surface area contributed by atoms with Crippen molar-refractivity contribution in [1.82, 2.24) is 15.1 Å². The molecule has 3 nitrogen and oxygen atoms in total. The van der Waals surface area contributed by atoms with Gasteiger partial charge in [0.05, 0.1) is 11.4 Å². The summed E-state index contributed by atoms with van der Waals surface area (Å²) in [5.74, 6) is 0. The third-order valence-electron chi connectivity index (χ3n) is 5.07. The summed E-state index contributed by atoms with van der Waals surface area (Å²) in [6, 6.07) is 0. The minimum Gasteiger partial charge on any atom is -0.306 e. The Kier molecular flexibility index (Phi) is 3.18. The first-order valence-electron chi connectivity index (χ1n) is 7.53. The van der Waals surface area contributed by atoms with Crippen molar-refractivity contribution in [1.29, 1.82) is 0 Å². The van der Waals surface area contributed by atoms with E-state index in [2.05, 4.69) is 24.0 Å². The summed E-state index contributed by atoms with van der Waals surface area (Å²) in [5.41, 5.74) is 4.78. The summed E-state index contributed by atoms with van der Waals surface area (Å²) in [4.78, 5) is 0. The number of nitrogens with zero attached hydrogens (tertiary/aromatic N) is 2. The van der Waals surface area contributed by atoms with Crippen molar-refractivity contribution >= 4 is 0 Å². The van der Waals surface area contributed by atoms with E-state index < -0.39 is 0 Å². The molecule has 0 aromatic carbocycles. The van der Waals surface area contributed by atoms with Gasteiger partial charge in [-0.05, 0) is 56.9 Å². The molecule has 1 aromatic heterocycles. The Labute approximate surface area is 110 Å². The zero-order valence-electron chi connectivity index (χ0n) is 11.8. The highest BCUT2D eigenvalue weighted by molar-refractivity contribution is 5.28. The van der Waals surface area contributed by atoms with Gasteiger partial charge in [0.2, 0.25) is 0 Å². The Morgan fingerprint density at radius 2 is 2.00 bits per heavy atom. The smallest absolute Gasteiger partial charge is 0.0659 e. The topological polar surface area (TPSA) is 29.9 Å². The van der Waals surface area contributed by atoms with Crippen LogP contribution >= 0.6 is 0 Å². The molecule has 3 heteroatoms.